The fraction of sp³-hybridized carbons (Fsp3) is 0.143. The van der Waals surface area contributed by atoms with Gasteiger partial charge in [-0.25, -0.2) is 0 Å². The smallest absolute Gasteiger partial charge is 0.348 e. The first kappa shape index (κ1) is 12.6. The van der Waals surface area contributed by atoms with Gasteiger partial charge in [0.15, 0.2) is 0 Å². The van der Waals surface area contributed by atoms with Crippen molar-refractivity contribution in [2.75, 3.05) is 0 Å². The zero-order valence-electron chi connectivity index (χ0n) is 9.61. The Hall–Kier alpha value is -1.81. The van der Waals surface area contributed by atoms with E-state index in [0.717, 1.165) is 23.3 Å². The molecule has 1 nitrogen and oxygen atoms in total. The molecule has 2 aromatic carbocycles. The second kappa shape index (κ2) is 4.82. The van der Waals surface area contributed by atoms with E-state index in [1.807, 2.05) is 30.3 Å². The summed E-state index contributed by atoms with van der Waals surface area (Å²) in [4.78, 5) is 0. The Labute approximate surface area is 103 Å². The first-order valence-corrected chi connectivity index (χ1v) is 5.53. The van der Waals surface area contributed by atoms with E-state index in [-0.39, 0.29) is 6.04 Å². The van der Waals surface area contributed by atoms with Crippen molar-refractivity contribution < 1.29 is 18.9 Å². The van der Waals surface area contributed by atoms with Gasteiger partial charge in [0.1, 0.15) is 6.04 Å². The maximum absolute atomic E-state index is 12.4. The Morgan fingerprint density at radius 1 is 0.778 bits per heavy atom. The van der Waals surface area contributed by atoms with Gasteiger partial charge >= 0.3 is 6.18 Å². The Balaban J connectivity index is 2.25. The molecule has 0 radical (unpaired) electrons. The Kier molecular flexibility index (Phi) is 3.39. The van der Waals surface area contributed by atoms with Gasteiger partial charge in [0.25, 0.3) is 0 Å². The number of hydrogen-bond donors (Lipinski definition) is 1. The summed E-state index contributed by atoms with van der Waals surface area (Å²) in [5.41, 5.74) is 5.11. The van der Waals surface area contributed by atoms with Gasteiger partial charge < -0.3 is 5.73 Å². The van der Waals surface area contributed by atoms with Gasteiger partial charge in [0.2, 0.25) is 0 Å². The second-order valence-electron chi connectivity index (χ2n) is 4.08. The quantitative estimate of drug-likeness (QED) is 0.850. The topological polar surface area (TPSA) is 27.6 Å². The number of hydrogen-bond acceptors (Lipinski definition) is 0. The van der Waals surface area contributed by atoms with Crippen molar-refractivity contribution in [1.82, 2.24) is 0 Å². The van der Waals surface area contributed by atoms with Crippen LogP contribution in [0.2, 0.25) is 0 Å². The van der Waals surface area contributed by atoms with E-state index in [2.05, 4.69) is 5.73 Å². The number of alkyl halides is 3. The van der Waals surface area contributed by atoms with Gasteiger partial charge in [-0.2, -0.15) is 13.2 Å². The van der Waals surface area contributed by atoms with Crippen molar-refractivity contribution >= 4 is 0 Å². The molecule has 0 aliphatic carbocycles. The summed E-state index contributed by atoms with van der Waals surface area (Å²) in [5.74, 6) is 0. The SMILES string of the molecule is [NH3+][C@H](c1ccccc1)c1ccc(C(F)(F)F)cc1. The first-order chi connectivity index (χ1) is 8.48. The van der Waals surface area contributed by atoms with Crippen LogP contribution in [0, 0.1) is 0 Å². The molecular weight excluding hydrogens is 239 g/mol. The summed E-state index contributed by atoms with van der Waals surface area (Å²) in [6, 6.07) is 14.5. The minimum atomic E-state index is -4.29. The lowest BCUT2D eigenvalue weighted by atomic mass is 9.98. The predicted molar refractivity (Wildman–Crippen MR) is 62.6 cm³/mol. The molecule has 0 fully saturated rings. The van der Waals surface area contributed by atoms with Crippen LogP contribution >= 0.6 is 0 Å². The zero-order valence-corrected chi connectivity index (χ0v) is 9.61. The summed E-state index contributed by atoms with van der Waals surface area (Å²) in [5, 5.41) is 0. The molecule has 0 aliphatic heterocycles. The molecule has 0 amide bonds. The molecule has 0 aliphatic rings. The van der Waals surface area contributed by atoms with Crippen LogP contribution in [-0.4, -0.2) is 0 Å². The molecule has 0 spiro atoms. The largest absolute Gasteiger partial charge is 0.416 e. The third-order valence-corrected chi connectivity index (χ3v) is 2.84. The standard InChI is InChI=1S/C14H12F3N/c15-14(16,17)12-8-6-11(7-9-12)13(18)10-4-2-1-3-5-10/h1-9,13H,18H2/p+1/t13-/m1/s1. The Morgan fingerprint density at radius 3 is 1.78 bits per heavy atom. The summed E-state index contributed by atoms with van der Waals surface area (Å²) in [6.07, 6.45) is -4.29. The highest BCUT2D eigenvalue weighted by Gasteiger charge is 2.30. The number of quaternary nitrogens is 1. The molecule has 0 bridgehead atoms. The molecule has 94 valence electrons. The van der Waals surface area contributed by atoms with E-state index in [4.69, 9.17) is 0 Å². The Bertz CT molecular complexity index is 503. The van der Waals surface area contributed by atoms with E-state index >= 15 is 0 Å². The molecule has 0 unspecified atom stereocenters. The maximum Gasteiger partial charge on any atom is 0.416 e. The monoisotopic (exact) mass is 252 g/mol. The molecule has 3 N–H and O–H groups in total. The lowest BCUT2D eigenvalue weighted by Crippen LogP contribution is -2.54. The van der Waals surface area contributed by atoms with Crippen molar-refractivity contribution in [2.45, 2.75) is 12.2 Å². The van der Waals surface area contributed by atoms with Crippen molar-refractivity contribution in [3.05, 3.63) is 71.3 Å². The van der Waals surface area contributed by atoms with Gasteiger partial charge in [0, 0.05) is 11.1 Å². The molecule has 4 heteroatoms. The van der Waals surface area contributed by atoms with Crippen LogP contribution in [0.25, 0.3) is 0 Å². The predicted octanol–water partition coefficient (Wildman–Crippen LogP) is 3.04. The van der Waals surface area contributed by atoms with Crippen molar-refractivity contribution in [3.8, 4) is 0 Å². The first-order valence-electron chi connectivity index (χ1n) is 5.53. The van der Waals surface area contributed by atoms with E-state index < -0.39 is 11.7 Å². The van der Waals surface area contributed by atoms with Crippen LogP contribution in [-0.2, 0) is 6.18 Å². The Morgan fingerprint density at radius 2 is 1.28 bits per heavy atom. The zero-order chi connectivity index (χ0) is 13.2. The van der Waals surface area contributed by atoms with Gasteiger partial charge in [-0.1, -0.05) is 42.5 Å². The second-order valence-corrected chi connectivity index (χ2v) is 4.08. The lowest BCUT2D eigenvalue weighted by Gasteiger charge is -2.11. The van der Waals surface area contributed by atoms with E-state index in [1.165, 1.54) is 12.1 Å². The van der Waals surface area contributed by atoms with Crippen molar-refractivity contribution in [2.24, 2.45) is 0 Å². The van der Waals surface area contributed by atoms with Crippen molar-refractivity contribution in [1.29, 1.82) is 0 Å². The summed E-state index contributed by atoms with van der Waals surface area (Å²) < 4.78 is 37.3. The number of rotatable bonds is 2. The van der Waals surface area contributed by atoms with E-state index in [0.29, 0.717) is 0 Å². The van der Waals surface area contributed by atoms with E-state index in [9.17, 15) is 13.2 Å². The number of benzene rings is 2. The van der Waals surface area contributed by atoms with Crippen LogP contribution in [0.3, 0.4) is 0 Å². The minimum absolute atomic E-state index is 0.159. The molecular formula is C14H13F3N+. The highest BCUT2D eigenvalue weighted by Crippen LogP contribution is 2.30. The van der Waals surface area contributed by atoms with Gasteiger partial charge in [-0.15, -0.1) is 0 Å². The molecule has 2 aromatic rings. The summed E-state index contributed by atoms with van der Waals surface area (Å²) in [6.45, 7) is 0. The van der Waals surface area contributed by atoms with Crippen LogP contribution in [0.15, 0.2) is 54.6 Å². The summed E-state index contributed by atoms with van der Waals surface area (Å²) >= 11 is 0. The fourth-order valence-electron chi connectivity index (χ4n) is 1.78. The highest BCUT2D eigenvalue weighted by molar-refractivity contribution is 5.32. The molecule has 0 aromatic heterocycles. The lowest BCUT2D eigenvalue weighted by molar-refractivity contribution is -0.411. The summed E-state index contributed by atoms with van der Waals surface area (Å²) in [7, 11) is 0. The highest BCUT2D eigenvalue weighted by atomic mass is 19.4. The van der Waals surface area contributed by atoms with Gasteiger partial charge in [-0.05, 0) is 12.1 Å². The third kappa shape index (κ3) is 2.71. The molecule has 18 heavy (non-hydrogen) atoms. The van der Waals surface area contributed by atoms with Crippen molar-refractivity contribution in [3.63, 3.8) is 0 Å². The molecule has 0 heterocycles. The maximum atomic E-state index is 12.4. The molecule has 0 saturated heterocycles. The number of halogens is 3. The normalized spacial score (nSPS) is 13.3. The van der Waals surface area contributed by atoms with Crippen LogP contribution in [0.5, 0.6) is 0 Å². The van der Waals surface area contributed by atoms with Gasteiger partial charge in [0.05, 0.1) is 5.56 Å². The minimum Gasteiger partial charge on any atom is -0.348 e. The van der Waals surface area contributed by atoms with Crippen LogP contribution < -0.4 is 5.73 Å². The molecule has 1 atom stereocenters. The van der Waals surface area contributed by atoms with Gasteiger partial charge in [-0.3, -0.25) is 0 Å². The van der Waals surface area contributed by atoms with E-state index in [1.54, 1.807) is 0 Å². The third-order valence-electron chi connectivity index (χ3n) is 2.84. The average Bonchev–Trinajstić information content (AvgIpc) is 2.38. The molecule has 2 rings (SSSR count). The molecule has 0 saturated carbocycles. The fourth-order valence-corrected chi connectivity index (χ4v) is 1.78. The average molecular weight is 252 g/mol. The van der Waals surface area contributed by atoms with Crippen LogP contribution in [0.4, 0.5) is 13.2 Å². The van der Waals surface area contributed by atoms with Crippen LogP contribution in [0.1, 0.15) is 22.7 Å².